The summed E-state index contributed by atoms with van der Waals surface area (Å²) in [5, 5.41) is 32.0. The fraction of sp³-hybridized carbons (Fsp3) is 0.441. The predicted octanol–water partition coefficient (Wildman–Crippen LogP) is 1.96. The van der Waals surface area contributed by atoms with Crippen LogP contribution in [0.25, 0.3) is 11.0 Å². The maximum atomic E-state index is 8.76. The lowest BCUT2D eigenvalue weighted by atomic mass is 10.2. The lowest BCUT2D eigenvalue weighted by molar-refractivity contribution is 0.154. The van der Waals surface area contributed by atoms with Gasteiger partial charge in [-0.25, -0.2) is 19.0 Å². The molecule has 0 saturated carbocycles. The molecule has 4 aromatic rings. The molecule has 258 valence electrons. The first kappa shape index (κ1) is 32.7. The van der Waals surface area contributed by atoms with Crippen LogP contribution in [-0.2, 0) is 0 Å². The van der Waals surface area contributed by atoms with Gasteiger partial charge in [0.2, 0.25) is 0 Å². The number of nitrogens with one attached hydrogen (secondary N) is 5. The molecule has 4 aromatic heterocycles. The third-order valence-electron chi connectivity index (χ3n) is 9.23. The van der Waals surface area contributed by atoms with Gasteiger partial charge in [-0.05, 0) is 63.3 Å². The van der Waals surface area contributed by atoms with Crippen molar-refractivity contribution < 1.29 is 0 Å². The molecule has 49 heavy (non-hydrogen) atoms. The van der Waals surface area contributed by atoms with Gasteiger partial charge in [-0.2, -0.15) is 0 Å². The lowest BCUT2D eigenvalue weighted by Gasteiger charge is -2.32. The summed E-state index contributed by atoms with van der Waals surface area (Å²) < 4.78 is 3.63. The minimum absolute atomic E-state index is 0.165. The van der Waals surface area contributed by atoms with E-state index in [4.69, 9.17) is 31.3 Å². The Balaban J connectivity index is 1.10. The molecule has 0 amide bonds. The van der Waals surface area contributed by atoms with Gasteiger partial charge in [0, 0.05) is 77.8 Å². The van der Waals surface area contributed by atoms with Crippen LogP contribution in [0.15, 0.2) is 70.5 Å². The Morgan fingerprint density at radius 2 is 1.33 bits per heavy atom. The minimum atomic E-state index is 0.165. The fourth-order valence-corrected chi connectivity index (χ4v) is 6.40. The molecular weight excluding hydrogens is 618 g/mol. The van der Waals surface area contributed by atoms with E-state index in [1.807, 2.05) is 57.8 Å². The van der Waals surface area contributed by atoms with Crippen LogP contribution in [0.1, 0.15) is 12.8 Å². The van der Waals surface area contributed by atoms with Crippen molar-refractivity contribution in [3.63, 3.8) is 0 Å². The number of aliphatic imine (C=N–C) groups is 2. The van der Waals surface area contributed by atoms with Crippen molar-refractivity contribution in [2.75, 3.05) is 96.2 Å². The highest BCUT2D eigenvalue weighted by atomic mass is 15.3. The Hall–Kier alpha value is -4.83. The van der Waals surface area contributed by atoms with E-state index in [0.717, 1.165) is 102 Å². The number of likely N-dealkylation sites (N-methyl/N-ethyl adjacent to an activating group) is 1. The average Bonchev–Trinajstić information content (AvgIpc) is 3.65. The molecular formula is C34H47N15. The van der Waals surface area contributed by atoms with Gasteiger partial charge >= 0.3 is 0 Å². The fourth-order valence-electron chi connectivity index (χ4n) is 6.40. The van der Waals surface area contributed by atoms with Gasteiger partial charge in [0.1, 0.15) is 11.4 Å². The molecule has 0 spiro atoms. The van der Waals surface area contributed by atoms with Crippen LogP contribution < -0.4 is 27.0 Å². The number of anilines is 2. The van der Waals surface area contributed by atoms with Crippen LogP contribution in [0.5, 0.6) is 0 Å². The summed E-state index contributed by atoms with van der Waals surface area (Å²) >= 11 is 0. The summed E-state index contributed by atoms with van der Waals surface area (Å²) in [4.78, 5) is 17.3. The first-order valence-electron chi connectivity index (χ1n) is 17.3. The third-order valence-corrected chi connectivity index (χ3v) is 9.23. The van der Waals surface area contributed by atoms with Crippen molar-refractivity contribution >= 4 is 51.4 Å². The van der Waals surface area contributed by atoms with Gasteiger partial charge in [0.15, 0.2) is 23.3 Å². The zero-order valence-electron chi connectivity index (χ0n) is 28.2. The average molecular weight is 666 g/mol. The Morgan fingerprint density at radius 3 is 1.92 bits per heavy atom. The molecule has 0 unspecified atom stereocenters. The molecule has 7 heterocycles. The van der Waals surface area contributed by atoms with Crippen LogP contribution in [0.4, 0.5) is 23.0 Å². The van der Waals surface area contributed by atoms with Crippen molar-refractivity contribution in [3.05, 3.63) is 60.6 Å². The molecule has 3 aliphatic rings. The number of nitrogens with zero attached hydrogens (tertiary/aromatic N) is 9. The van der Waals surface area contributed by atoms with Gasteiger partial charge in [-0.1, -0.05) is 12.1 Å². The molecule has 2 saturated heterocycles. The number of aromatic nitrogens is 4. The van der Waals surface area contributed by atoms with Crippen LogP contribution in [0.2, 0.25) is 0 Å². The minimum Gasteiger partial charge on any atom is -0.396 e. The largest absolute Gasteiger partial charge is 0.396 e. The third kappa shape index (κ3) is 7.75. The maximum absolute atomic E-state index is 8.76. The van der Waals surface area contributed by atoms with Crippen LogP contribution in [0, 0.1) is 5.41 Å². The predicted molar refractivity (Wildman–Crippen MR) is 197 cm³/mol. The first-order valence-corrected chi connectivity index (χ1v) is 17.3. The van der Waals surface area contributed by atoms with E-state index < -0.39 is 0 Å². The van der Waals surface area contributed by atoms with Crippen molar-refractivity contribution in [2.24, 2.45) is 15.7 Å². The molecule has 7 rings (SSSR count). The van der Waals surface area contributed by atoms with Crippen LogP contribution in [0.3, 0.4) is 0 Å². The van der Waals surface area contributed by atoms with E-state index in [2.05, 4.69) is 43.0 Å². The molecule has 7 N–H and O–H groups in total. The zero-order chi connectivity index (χ0) is 33.6. The monoisotopic (exact) mass is 665 g/mol. The quantitative estimate of drug-likeness (QED) is 0.123. The van der Waals surface area contributed by atoms with E-state index in [-0.39, 0.29) is 5.71 Å². The van der Waals surface area contributed by atoms with Gasteiger partial charge in [0.05, 0.1) is 22.4 Å². The Morgan fingerprint density at radius 1 is 0.776 bits per heavy atom. The molecule has 0 bridgehead atoms. The van der Waals surface area contributed by atoms with E-state index in [1.54, 1.807) is 6.08 Å². The Kier molecular flexibility index (Phi) is 10.1. The normalized spacial score (nSPS) is 19.9. The molecule has 3 aliphatic heterocycles. The van der Waals surface area contributed by atoms with E-state index in [9.17, 15) is 0 Å². The van der Waals surface area contributed by atoms with Crippen LogP contribution in [-0.4, -0.2) is 137 Å². The van der Waals surface area contributed by atoms with E-state index in [1.165, 1.54) is 0 Å². The number of hydrogen-bond acceptors (Lipinski definition) is 12. The second-order valence-corrected chi connectivity index (χ2v) is 12.8. The number of nitrogens with two attached hydrogens (primary N) is 1. The number of hydrogen-bond donors (Lipinski definition) is 6. The summed E-state index contributed by atoms with van der Waals surface area (Å²) in [5.74, 6) is 2.10. The van der Waals surface area contributed by atoms with E-state index >= 15 is 0 Å². The number of amidine groups is 2. The van der Waals surface area contributed by atoms with Gasteiger partial charge in [0.25, 0.3) is 0 Å². The number of pyridine rings is 2. The Bertz CT molecular complexity index is 1850. The van der Waals surface area contributed by atoms with Gasteiger partial charge in [-0.3, -0.25) is 5.41 Å². The van der Waals surface area contributed by atoms with Gasteiger partial charge < -0.3 is 41.7 Å². The maximum Gasteiger partial charge on any atom is 0.175 e. The highest BCUT2D eigenvalue weighted by Gasteiger charge is 2.23. The molecule has 2 fully saturated rings. The van der Waals surface area contributed by atoms with Crippen LogP contribution >= 0.6 is 0 Å². The molecule has 0 aliphatic carbocycles. The second kappa shape index (κ2) is 15.2. The summed E-state index contributed by atoms with van der Waals surface area (Å²) in [7, 11) is 2.18. The SMILES string of the molecule is CN1CCN(CCCNc2nn3ccccc3c2/N=C2\N/C(=N\c3c(NCCCN4CCNCC4)nn4ccccc34)C(=N)C=C2N)CC1. The molecule has 0 aromatic carbocycles. The summed E-state index contributed by atoms with van der Waals surface area (Å²) in [6.07, 6.45) is 7.39. The van der Waals surface area contributed by atoms with Crippen molar-refractivity contribution in [2.45, 2.75) is 12.8 Å². The summed E-state index contributed by atoms with van der Waals surface area (Å²) in [6.45, 7) is 12.2. The topological polar surface area (TPSA) is 167 Å². The number of piperazine rings is 2. The smallest absolute Gasteiger partial charge is 0.175 e. The standard InChI is InChI=1S/C34H47N15/c1-45-20-22-47(23-21-45)15-7-11-39-34-30(28-9-3-5-17-49(28)44-34)41-32-26(36)24-25(35)31(42-32)40-29-27-8-2-4-16-48(27)43-33(29)38-10-6-14-46-18-12-37-13-19-46/h2-5,8-9,16-17,24,35,37H,6-7,10-15,18-23,36H2,1H3,(H,38,43)(H,39,44)(H,40,41,42). The second-order valence-electron chi connectivity index (χ2n) is 12.8. The highest BCUT2D eigenvalue weighted by molar-refractivity contribution is 6.50. The van der Waals surface area contributed by atoms with Crippen molar-refractivity contribution in [1.29, 1.82) is 5.41 Å². The number of rotatable bonds is 12. The molecule has 0 atom stereocenters. The summed E-state index contributed by atoms with van der Waals surface area (Å²) in [6, 6.07) is 11.8. The summed E-state index contributed by atoms with van der Waals surface area (Å²) in [5.41, 5.74) is 10.0. The van der Waals surface area contributed by atoms with Gasteiger partial charge in [-0.15, -0.1) is 10.2 Å². The number of fused-ring (bicyclic) bond motifs is 2. The lowest BCUT2D eigenvalue weighted by Crippen LogP contribution is -2.44. The van der Waals surface area contributed by atoms with Crippen molar-refractivity contribution in [3.8, 4) is 0 Å². The molecule has 15 heteroatoms. The van der Waals surface area contributed by atoms with E-state index in [0.29, 0.717) is 40.4 Å². The molecule has 15 nitrogen and oxygen atoms in total. The Labute approximate surface area is 286 Å². The van der Waals surface area contributed by atoms with Crippen molar-refractivity contribution in [1.82, 2.24) is 44.6 Å². The first-order chi connectivity index (χ1) is 24.0. The molecule has 0 radical (unpaired) electrons. The highest BCUT2D eigenvalue weighted by Crippen LogP contribution is 2.32. The zero-order valence-corrected chi connectivity index (χ0v) is 28.2.